The van der Waals surface area contributed by atoms with E-state index in [0.29, 0.717) is 133 Å². The van der Waals surface area contributed by atoms with Crippen molar-refractivity contribution < 1.29 is 42.9 Å². The quantitative estimate of drug-likeness (QED) is 0.0145. The lowest BCUT2D eigenvalue weighted by molar-refractivity contribution is 0.0501. The summed E-state index contributed by atoms with van der Waals surface area (Å²) in [5.74, 6) is -0.483. The molecule has 0 atom stereocenters. The number of unbranched alkanes of at least 4 members (excludes halogenated alkanes) is 4. The molecule has 0 saturated heterocycles. The van der Waals surface area contributed by atoms with Gasteiger partial charge in [-0.3, -0.25) is 38.4 Å². The monoisotopic (exact) mass is 1250 g/mol. The molecule has 0 aliphatic carbocycles. The number of hydrogen-bond acceptors (Lipinski definition) is 17. The number of anilines is 2. The van der Waals surface area contributed by atoms with E-state index in [1.807, 2.05) is 62.9 Å². The largest absolute Gasteiger partial charge is 0.494 e. The van der Waals surface area contributed by atoms with Gasteiger partial charge < -0.3 is 50.6 Å². The van der Waals surface area contributed by atoms with Crippen LogP contribution < -0.4 is 37.3 Å². The molecule has 8 rings (SSSR count). The van der Waals surface area contributed by atoms with E-state index in [1.54, 1.807) is 75.3 Å². The fraction of sp³-hybridized carbons (Fsp3) is 0.431. The Hall–Kier alpha value is -9.85. The van der Waals surface area contributed by atoms with Crippen LogP contribution in [0.2, 0.25) is 0 Å². The first-order valence-electron chi connectivity index (χ1n) is 30.9. The summed E-state index contributed by atoms with van der Waals surface area (Å²) in [5, 5.41) is 24.5. The van der Waals surface area contributed by atoms with E-state index < -0.39 is 11.8 Å². The average Bonchev–Trinajstić information content (AvgIpc) is 1.69. The van der Waals surface area contributed by atoms with Crippen molar-refractivity contribution in [3.05, 3.63) is 136 Å². The predicted molar refractivity (Wildman–Crippen MR) is 349 cm³/mol. The Morgan fingerprint density at radius 1 is 0.593 bits per heavy atom. The first kappa shape index (κ1) is 68.6. The van der Waals surface area contributed by atoms with Crippen LogP contribution in [0.1, 0.15) is 166 Å². The molecule has 26 heteroatoms. The number of nitrogens with one attached hydrogen (secondary N) is 2. The van der Waals surface area contributed by atoms with Crippen molar-refractivity contribution in [2.75, 3.05) is 44.6 Å². The Balaban J connectivity index is 0.000000259. The molecule has 8 N–H and O–H groups in total. The van der Waals surface area contributed by atoms with Crippen LogP contribution in [0.15, 0.2) is 73.5 Å². The highest BCUT2D eigenvalue weighted by Gasteiger charge is 2.25. The average molecular weight is 1250 g/mol. The highest BCUT2D eigenvalue weighted by Crippen LogP contribution is 2.34. The number of carbonyl (C=O) groups excluding carboxylic acids is 5. The molecule has 91 heavy (non-hydrogen) atoms. The third kappa shape index (κ3) is 16.7. The molecule has 0 unspecified atom stereocenters. The van der Waals surface area contributed by atoms with Crippen LogP contribution in [0.25, 0.3) is 27.8 Å². The van der Waals surface area contributed by atoms with Gasteiger partial charge in [0, 0.05) is 68.1 Å². The summed E-state index contributed by atoms with van der Waals surface area (Å²) in [6.07, 6.45) is 17.1. The number of allylic oxidation sites excluding steroid dienone is 3. The summed E-state index contributed by atoms with van der Waals surface area (Å²) in [5.41, 5.74) is 26.9. The van der Waals surface area contributed by atoms with E-state index in [9.17, 15) is 24.0 Å². The highest BCUT2D eigenvalue weighted by atomic mass is 16.5. The summed E-state index contributed by atoms with van der Waals surface area (Å²) in [6, 6.07) is 10.2. The van der Waals surface area contributed by atoms with Gasteiger partial charge in [-0.25, -0.2) is 19.6 Å². The number of benzene rings is 2. The molecule has 6 heterocycles. The zero-order chi connectivity index (χ0) is 65.9. The Labute approximate surface area is 529 Å². The van der Waals surface area contributed by atoms with Crippen LogP contribution in [0.5, 0.6) is 11.5 Å². The van der Waals surface area contributed by atoms with Gasteiger partial charge in [0.25, 0.3) is 5.91 Å². The van der Waals surface area contributed by atoms with E-state index in [4.69, 9.17) is 46.2 Å². The van der Waals surface area contributed by atoms with Gasteiger partial charge in [-0.2, -0.15) is 20.4 Å². The first-order valence-corrected chi connectivity index (χ1v) is 30.9. The predicted octanol–water partition coefficient (Wildman–Crippen LogP) is 9.03. The second kappa shape index (κ2) is 32.6. The van der Waals surface area contributed by atoms with Crippen LogP contribution in [-0.4, -0.2) is 122 Å². The van der Waals surface area contributed by atoms with Gasteiger partial charge in [0.05, 0.1) is 73.1 Å². The molecule has 0 bridgehead atoms. The molecule has 0 saturated carbocycles. The lowest BCUT2D eigenvalue weighted by atomic mass is 10.0. The number of rotatable bonds is 33. The number of esters is 2. The lowest BCUT2D eigenvalue weighted by Crippen LogP contribution is -2.20. The van der Waals surface area contributed by atoms with Gasteiger partial charge >= 0.3 is 11.9 Å². The van der Waals surface area contributed by atoms with Crippen LogP contribution in [-0.2, 0) is 61.6 Å². The number of amides is 3. The Kier molecular flexibility index (Phi) is 24.6. The van der Waals surface area contributed by atoms with Crippen LogP contribution >= 0.6 is 0 Å². The number of fused-ring (bicyclic) bond motifs is 2. The lowest BCUT2D eigenvalue weighted by Gasteiger charge is -2.14. The first-order chi connectivity index (χ1) is 43.8. The number of imidazole rings is 2. The molecular formula is C65H87N17O9. The van der Waals surface area contributed by atoms with Gasteiger partial charge in [0.15, 0.2) is 0 Å². The molecule has 3 amide bonds. The van der Waals surface area contributed by atoms with Crippen molar-refractivity contribution in [1.29, 1.82) is 0 Å². The zero-order valence-corrected chi connectivity index (χ0v) is 54.1. The molecule has 0 radical (unpaired) electrons. The number of nitrogens with two attached hydrogens (primary N) is 3. The molecule has 0 aliphatic heterocycles. The molecule has 26 nitrogen and oxygen atoms in total. The normalized spacial score (nSPS) is 11.4. The third-order valence-electron chi connectivity index (χ3n) is 15.1. The number of aryl methyl sites for hydroxylation is 8. The van der Waals surface area contributed by atoms with Gasteiger partial charge in [0.1, 0.15) is 39.6 Å². The summed E-state index contributed by atoms with van der Waals surface area (Å²) in [7, 11) is 3.05. The van der Waals surface area contributed by atoms with Crippen molar-refractivity contribution in [2.24, 2.45) is 17.2 Å². The minimum Gasteiger partial charge on any atom is -0.494 e. The Bertz CT molecular complexity index is 3950. The topological polar surface area (TPSA) is 331 Å². The van der Waals surface area contributed by atoms with Gasteiger partial charge in [-0.15, -0.1) is 0 Å². The molecule has 0 fully saturated rings. The molecule has 0 spiro atoms. The maximum Gasteiger partial charge on any atom is 0.356 e. The zero-order valence-electron chi connectivity index (χ0n) is 54.1. The number of hydrogen-bond donors (Lipinski definition) is 5. The fourth-order valence-corrected chi connectivity index (χ4v) is 10.8. The molecular weight excluding hydrogens is 1160 g/mol. The third-order valence-corrected chi connectivity index (χ3v) is 15.1. The maximum atomic E-state index is 13.6. The number of ether oxygens (including phenoxy) is 4. The van der Waals surface area contributed by atoms with Crippen LogP contribution in [0.4, 0.5) is 11.9 Å². The Morgan fingerprint density at radius 2 is 1.11 bits per heavy atom. The van der Waals surface area contributed by atoms with E-state index in [-0.39, 0.29) is 29.4 Å². The highest BCUT2D eigenvalue weighted by molar-refractivity contribution is 6.04. The maximum absolute atomic E-state index is 13.6. The summed E-state index contributed by atoms with van der Waals surface area (Å²) >= 11 is 0. The summed E-state index contributed by atoms with van der Waals surface area (Å²) < 4.78 is 32.6. The van der Waals surface area contributed by atoms with Crippen LogP contribution in [0, 0.1) is 20.8 Å². The van der Waals surface area contributed by atoms with Crippen molar-refractivity contribution in [3.63, 3.8) is 0 Å². The second-order valence-corrected chi connectivity index (χ2v) is 21.5. The van der Waals surface area contributed by atoms with E-state index in [1.165, 1.54) is 7.11 Å². The number of primary amides is 2. The smallest absolute Gasteiger partial charge is 0.356 e. The number of methoxy groups -OCH3 is 2. The number of aromatic nitrogens is 12. The molecule has 8 aromatic rings. The van der Waals surface area contributed by atoms with Crippen molar-refractivity contribution in [1.82, 2.24) is 58.2 Å². The summed E-state index contributed by atoms with van der Waals surface area (Å²) in [6.45, 7) is 24.0. The van der Waals surface area contributed by atoms with Gasteiger partial charge in [0.2, 0.25) is 23.7 Å². The van der Waals surface area contributed by atoms with Gasteiger partial charge in [-0.1, -0.05) is 50.6 Å². The van der Waals surface area contributed by atoms with E-state index >= 15 is 0 Å². The standard InChI is InChI=1S/C34H46N8O4.C31H41N9O5/c1-8-11-14-17-40-31-27(20-25(32(35)43)21-29(31)45-7)37-34(40)36-24(6)28-19-22(4)38-42(28)18-15-12-13-16-26-23(5)39-41(9-2)30(26)33(44)46-10-3;1-5-39-26(30(43)45-6-2)21(19-34-39)12-8-7-10-15-40-24(16-20(3)37-40)29(42)36-31-35-23-17-22(28(33)41)18-25(44-4)27(23)38(31)14-11-9-13-32/h11,14,19-21H,6,8-10,12-13,15-18H2,1-5,7H3,(H2,35,43)(H,36,37);9,11,16-19H,5-8,10,12-15,32H2,1-4H3,(H2,33,41)(H,35,36,42)/b14-11+;11-9+. The Morgan fingerprint density at radius 3 is 1.63 bits per heavy atom. The number of carbonyl (C=O) groups is 5. The fourth-order valence-electron chi connectivity index (χ4n) is 10.8. The van der Waals surface area contributed by atoms with Crippen molar-refractivity contribution in [2.45, 2.75) is 152 Å². The van der Waals surface area contributed by atoms with E-state index in [0.717, 1.165) is 85.1 Å². The van der Waals surface area contributed by atoms with E-state index in [2.05, 4.69) is 56.6 Å². The van der Waals surface area contributed by atoms with Crippen molar-refractivity contribution in [3.8, 4) is 11.5 Å². The van der Waals surface area contributed by atoms with Crippen molar-refractivity contribution >= 4 is 69.3 Å². The minimum atomic E-state index is -0.617. The van der Waals surface area contributed by atoms with Gasteiger partial charge in [-0.05, 0) is 130 Å². The summed E-state index contributed by atoms with van der Waals surface area (Å²) in [4.78, 5) is 72.0. The SMILES string of the molecule is C=C(Nc1nc2cc(C(N)=O)cc(OC)c2n1C/C=C/CC)c1cc(C)nn1CCCCCc1c(C)nn(CC)c1C(=O)OCC.CCOC(=O)c1c(CCCCCn2nc(C)cc2C(=O)Nc2nc3cc(C(N)=O)cc(OC)c3n2C/C=C/CN)cnn1CC. The molecule has 2 aromatic carbocycles. The molecule has 486 valence electrons. The number of nitrogens with zero attached hydrogens (tertiary/aromatic N) is 12. The molecule has 6 aromatic heterocycles. The second-order valence-electron chi connectivity index (χ2n) is 21.5. The van der Waals surface area contributed by atoms with Crippen LogP contribution in [0.3, 0.4) is 0 Å². The minimum absolute atomic E-state index is 0.240. The molecule has 0 aliphatic rings.